The Bertz CT molecular complexity index is 1020. The van der Waals surface area contributed by atoms with Crippen LogP contribution in [-0.2, 0) is 7.05 Å². The molecule has 4 nitrogen and oxygen atoms in total. The number of hydrogen-bond acceptors (Lipinski definition) is 2. The number of nitrogens with one attached hydrogen (secondary N) is 1. The fourth-order valence-electron chi connectivity index (χ4n) is 2.70. The second-order valence-electron chi connectivity index (χ2n) is 5.85. The van der Waals surface area contributed by atoms with Crippen molar-refractivity contribution in [1.29, 1.82) is 0 Å². The molecule has 1 aromatic heterocycles. The first-order chi connectivity index (χ1) is 11.4. The van der Waals surface area contributed by atoms with Crippen LogP contribution in [0.5, 0.6) is 0 Å². The molecular weight excluding hydrogens is 324 g/mol. The van der Waals surface area contributed by atoms with Crippen LogP contribution in [0.4, 0.5) is 5.69 Å². The Labute approximate surface area is 144 Å². The van der Waals surface area contributed by atoms with Crippen LogP contribution < -0.4 is 10.7 Å². The SMILES string of the molecule is Cc1cccc(NC(=O)c2cn(C)c3ccc(Cl)cc3c2=O)c1C. The largest absolute Gasteiger partial charge is 0.350 e. The molecule has 0 spiro atoms. The van der Waals surface area contributed by atoms with Crippen molar-refractivity contribution in [2.45, 2.75) is 13.8 Å². The van der Waals surface area contributed by atoms with Crippen LogP contribution in [0, 0.1) is 13.8 Å². The lowest BCUT2D eigenvalue weighted by Gasteiger charge is -2.12. The Balaban J connectivity index is 2.09. The number of aryl methyl sites for hydroxylation is 2. The van der Waals surface area contributed by atoms with Gasteiger partial charge in [0.1, 0.15) is 5.56 Å². The van der Waals surface area contributed by atoms with E-state index in [0.717, 1.165) is 16.6 Å². The minimum atomic E-state index is -0.425. The number of carbonyl (C=O) groups is 1. The molecule has 0 atom stereocenters. The number of amides is 1. The lowest BCUT2D eigenvalue weighted by Crippen LogP contribution is -2.23. The lowest BCUT2D eigenvalue weighted by molar-refractivity contribution is 0.102. The maximum atomic E-state index is 12.7. The smallest absolute Gasteiger partial charge is 0.261 e. The highest BCUT2D eigenvalue weighted by molar-refractivity contribution is 6.31. The number of benzene rings is 2. The van der Waals surface area contributed by atoms with Gasteiger partial charge in [0.2, 0.25) is 5.43 Å². The molecule has 0 aliphatic carbocycles. The third-order valence-corrected chi connectivity index (χ3v) is 4.48. The first-order valence-corrected chi connectivity index (χ1v) is 7.92. The first-order valence-electron chi connectivity index (χ1n) is 7.55. The van der Waals surface area contributed by atoms with Crippen LogP contribution in [0.2, 0.25) is 5.02 Å². The second kappa shape index (κ2) is 6.13. The van der Waals surface area contributed by atoms with E-state index in [1.54, 1.807) is 36.0 Å². The van der Waals surface area contributed by atoms with Gasteiger partial charge in [0.25, 0.3) is 5.91 Å². The number of rotatable bonds is 2. The van der Waals surface area contributed by atoms with Crippen molar-refractivity contribution in [2.75, 3.05) is 5.32 Å². The number of aromatic nitrogens is 1. The zero-order valence-electron chi connectivity index (χ0n) is 13.7. The van der Waals surface area contributed by atoms with Gasteiger partial charge in [0, 0.05) is 29.3 Å². The number of hydrogen-bond donors (Lipinski definition) is 1. The number of fused-ring (bicyclic) bond motifs is 1. The van der Waals surface area contributed by atoms with Crippen LogP contribution in [0.15, 0.2) is 47.4 Å². The zero-order valence-corrected chi connectivity index (χ0v) is 14.4. The Morgan fingerprint density at radius 1 is 1.17 bits per heavy atom. The molecule has 0 unspecified atom stereocenters. The lowest BCUT2D eigenvalue weighted by atomic mass is 10.1. The third-order valence-electron chi connectivity index (χ3n) is 4.25. The van der Waals surface area contributed by atoms with Gasteiger partial charge in [0.05, 0.1) is 5.52 Å². The summed E-state index contributed by atoms with van der Waals surface area (Å²) in [6, 6.07) is 10.7. The van der Waals surface area contributed by atoms with E-state index < -0.39 is 5.91 Å². The summed E-state index contributed by atoms with van der Waals surface area (Å²) in [5.74, 6) is -0.425. The molecule has 1 N–H and O–H groups in total. The van der Waals surface area contributed by atoms with E-state index in [-0.39, 0.29) is 11.0 Å². The molecule has 0 saturated carbocycles. The van der Waals surface area contributed by atoms with Crippen molar-refractivity contribution in [3.05, 3.63) is 74.5 Å². The van der Waals surface area contributed by atoms with E-state index in [1.807, 2.05) is 32.0 Å². The average molecular weight is 341 g/mol. The Morgan fingerprint density at radius 2 is 1.92 bits per heavy atom. The number of pyridine rings is 1. The van der Waals surface area contributed by atoms with Crippen molar-refractivity contribution in [2.24, 2.45) is 7.05 Å². The molecule has 1 heterocycles. The molecule has 1 amide bonds. The number of carbonyl (C=O) groups excluding carboxylic acids is 1. The highest BCUT2D eigenvalue weighted by Crippen LogP contribution is 2.20. The molecule has 0 saturated heterocycles. The van der Waals surface area contributed by atoms with Gasteiger partial charge in [-0.15, -0.1) is 0 Å². The summed E-state index contributed by atoms with van der Waals surface area (Å²) in [6.07, 6.45) is 1.55. The van der Waals surface area contributed by atoms with Crippen molar-refractivity contribution in [3.8, 4) is 0 Å². The zero-order chi connectivity index (χ0) is 17.4. The molecule has 122 valence electrons. The monoisotopic (exact) mass is 340 g/mol. The van der Waals surface area contributed by atoms with Crippen molar-refractivity contribution in [1.82, 2.24) is 4.57 Å². The first kappa shape index (κ1) is 16.3. The summed E-state index contributed by atoms with van der Waals surface area (Å²) in [7, 11) is 1.80. The summed E-state index contributed by atoms with van der Waals surface area (Å²) in [5.41, 5.74) is 3.25. The van der Waals surface area contributed by atoms with E-state index in [9.17, 15) is 9.59 Å². The quantitative estimate of drug-likeness (QED) is 0.764. The molecule has 0 bridgehead atoms. The van der Waals surface area contributed by atoms with Crippen LogP contribution >= 0.6 is 11.6 Å². The molecule has 0 fully saturated rings. The molecule has 2 aromatic carbocycles. The van der Waals surface area contributed by atoms with Crippen molar-refractivity contribution in [3.63, 3.8) is 0 Å². The molecule has 3 rings (SSSR count). The summed E-state index contributed by atoms with van der Waals surface area (Å²) in [4.78, 5) is 25.3. The molecule has 0 radical (unpaired) electrons. The van der Waals surface area contributed by atoms with Crippen LogP contribution in [-0.4, -0.2) is 10.5 Å². The van der Waals surface area contributed by atoms with Gasteiger partial charge < -0.3 is 9.88 Å². The second-order valence-corrected chi connectivity index (χ2v) is 6.28. The molecular formula is C19H17ClN2O2. The van der Waals surface area contributed by atoms with E-state index in [1.165, 1.54) is 0 Å². The Morgan fingerprint density at radius 3 is 2.67 bits per heavy atom. The minimum absolute atomic E-state index is 0.0909. The maximum absolute atomic E-state index is 12.7. The van der Waals surface area contributed by atoms with E-state index in [4.69, 9.17) is 11.6 Å². The summed E-state index contributed by atoms with van der Waals surface area (Å²) in [5, 5.41) is 3.72. The predicted octanol–water partition coefficient (Wildman–Crippen LogP) is 4.06. The molecule has 24 heavy (non-hydrogen) atoms. The summed E-state index contributed by atoms with van der Waals surface area (Å²) < 4.78 is 1.76. The standard InChI is InChI=1S/C19H17ClN2O2/c1-11-5-4-6-16(12(11)2)21-19(24)15-10-22(3)17-8-7-13(20)9-14(17)18(15)23/h4-10H,1-3H3,(H,21,24). The summed E-state index contributed by atoms with van der Waals surface area (Å²) in [6.45, 7) is 3.91. The highest BCUT2D eigenvalue weighted by atomic mass is 35.5. The van der Waals surface area contributed by atoms with Gasteiger partial charge in [-0.1, -0.05) is 23.7 Å². The normalized spacial score (nSPS) is 10.8. The van der Waals surface area contributed by atoms with E-state index >= 15 is 0 Å². The van der Waals surface area contributed by atoms with E-state index in [0.29, 0.717) is 16.1 Å². The van der Waals surface area contributed by atoms with Gasteiger partial charge in [-0.25, -0.2) is 0 Å². The van der Waals surface area contributed by atoms with Gasteiger partial charge >= 0.3 is 0 Å². The number of halogens is 1. The van der Waals surface area contributed by atoms with Crippen LogP contribution in [0.3, 0.4) is 0 Å². The van der Waals surface area contributed by atoms with Crippen molar-refractivity contribution < 1.29 is 4.79 Å². The van der Waals surface area contributed by atoms with Gasteiger partial charge in [-0.2, -0.15) is 0 Å². The summed E-state index contributed by atoms with van der Waals surface area (Å²) >= 11 is 5.99. The average Bonchev–Trinajstić information content (AvgIpc) is 2.55. The predicted molar refractivity (Wildman–Crippen MR) is 98.1 cm³/mol. The molecule has 0 aliphatic heterocycles. The maximum Gasteiger partial charge on any atom is 0.261 e. The highest BCUT2D eigenvalue weighted by Gasteiger charge is 2.16. The van der Waals surface area contributed by atoms with Crippen molar-refractivity contribution >= 4 is 34.1 Å². The van der Waals surface area contributed by atoms with Gasteiger partial charge in [-0.05, 0) is 49.2 Å². The molecule has 5 heteroatoms. The van der Waals surface area contributed by atoms with E-state index in [2.05, 4.69) is 5.32 Å². The van der Waals surface area contributed by atoms with Gasteiger partial charge in [0.15, 0.2) is 0 Å². The number of anilines is 1. The fraction of sp³-hybridized carbons (Fsp3) is 0.158. The van der Waals surface area contributed by atoms with Crippen LogP contribution in [0.25, 0.3) is 10.9 Å². The fourth-order valence-corrected chi connectivity index (χ4v) is 2.87. The third kappa shape index (κ3) is 2.81. The minimum Gasteiger partial charge on any atom is -0.350 e. The molecule has 0 aliphatic rings. The Hall–Kier alpha value is -2.59. The molecule has 3 aromatic rings. The Kier molecular flexibility index (Phi) is 4.16. The number of nitrogens with zero attached hydrogens (tertiary/aromatic N) is 1. The topological polar surface area (TPSA) is 51.1 Å². The van der Waals surface area contributed by atoms with Gasteiger partial charge in [-0.3, -0.25) is 9.59 Å². The van der Waals surface area contributed by atoms with Crippen LogP contribution in [0.1, 0.15) is 21.5 Å².